The van der Waals surface area contributed by atoms with E-state index in [9.17, 15) is 0 Å². The summed E-state index contributed by atoms with van der Waals surface area (Å²) in [6.07, 6.45) is 13.4. The van der Waals surface area contributed by atoms with Crippen LogP contribution in [0.25, 0.3) is 0 Å². The quantitative estimate of drug-likeness (QED) is 0.803. The van der Waals surface area contributed by atoms with Crippen molar-refractivity contribution in [2.45, 2.75) is 76.8 Å². The van der Waals surface area contributed by atoms with Crippen molar-refractivity contribution in [1.82, 2.24) is 10.2 Å². The maximum absolute atomic E-state index is 3.95. The molecule has 0 aromatic heterocycles. The minimum absolute atomic E-state index is 0.791. The van der Waals surface area contributed by atoms with Crippen LogP contribution in [0.4, 0.5) is 0 Å². The molecule has 0 spiro atoms. The molecule has 4 fully saturated rings. The van der Waals surface area contributed by atoms with Crippen molar-refractivity contribution < 1.29 is 0 Å². The Kier molecular flexibility index (Phi) is 4.28. The predicted octanol–water partition coefficient (Wildman–Crippen LogP) is 3.67. The van der Waals surface area contributed by atoms with Gasteiger partial charge in [-0.1, -0.05) is 26.2 Å². The Hall–Kier alpha value is -0.0800. The van der Waals surface area contributed by atoms with Crippen molar-refractivity contribution in [3.05, 3.63) is 0 Å². The summed E-state index contributed by atoms with van der Waals surface area (Å²) in [5.41, 5.74) is 0. The molecule has 4 rings (SSSR count). The van der Waals surface area contributed by atoms with Gasteiger partial charge in [0.2, 0.25) is 0 Å². The molecular weight excluding hydrogens is 256 g/mol. The summed E-state index contributed by atoms with van der Waals surface area (Å²) in [4.78, 5) is 2.87. The minimum atomic E-state index is 0.791. The first-order chi connectivity index (χ1) is 10.3. The first-order valence-electron chi connectivity index (χ1n) is 9.73. The third-order valence-electron chi connectivity index (χ3n) is 6.71. The van der Waals surface area contributed by atoms with Gasteiger partial charge in [-0.3, -0.25) is 4.90 Å². The van der Waals surface area contributed by atoms with Crippen LogP contribution < -0.4 is 5.32 Å². The highest BCUT2D eigenvalue weighted by molar-refractivity contribution is 4.93. The van der Waals surface area contributed by atoms with Gasteiger partial charge in [0.1, 0.15) is 0 Å². The highest BCUT2D eigenvalue weighted by atomic mass is 15.2. The monoisotopic (exact) mass is 290 g/mol. The number of nitrogens with one attached hydrogen (secondary N) is 1. The van der Waals surface area contributed by atoms with Crippen molar-refractivity contribution in [2.75, 3.05) is 19.6 Å². The molecule has 0 bridgehead atoms. The van der Waals surface area contributed by atoms with E-state index in [1.54, 1.807) is 0 Å². The molecule has 0 amide bonds. The largest absolute Gasteiger partial charge is 0.312 e. The molecule has 2 heteroatoms. The molecule has 1 saturated heterocycles. The van der Waals surface area contributed by atoms with E-state index in [0.717, 1.165) is 35.8 Å². The van der Waals surface area contributed by atoms with Crippen LogP contribution in [0.3, 0.4) is 0 Å². The van der Waals surface area contributed by atoms with E-state index in [2.05, 4.69) is 17.1 Å². The molecule has 2 unspecified atom stereocenters. The topological polar surface area (TPSA) is 15.3 Å². The van der Waals surface area contributed by atoms with Gasteiger partial charge in [0.25, 0.3) is 0 Å². The fourth-order valence-electron chi connectivity index (χ4n) is 4.87. The molecule has 120 valence electrons. The van der Waals surface area contributed by atoms with Crippen LogP contribution in [0.2, 0.25) is 0 Å². The fraction of sp³-hybridized carbons (Fsp3) is 1.00. The summed E-state index contributed by atoms with van der Waals surface area (Å²) >= 11 is 0. The van der Waals surface area contributed by atoms with Crippen LogP contribution in [0, 0.1) is 23.7 Å². The molecule has 0 aromatic rings. The van der Waals surface area contributed by atoms with Crippen LogP contribution in [0.1, 0.15) is 64.7 Å². The Morgan fingerprint density at radius 1 is 0.905 bits per heavy atom. The third-order valence-corrected chi connectivity index (χ3v) is 6.71. The lowest BCUT2D eigenvalue weighted by molar-refractivity contribution is 0.0294. The van der Waals surface area contributed by atoms with Gasteiger partial charge in [-0.25, -0.2) is 0 Å². The molecule has 1 aliphatic heterocycles. The van der Waals surface area contributed by atoms with Crippen molar-refractivity contribution in [3.8, 4) is 0 Å². The van der Waals surface area contributed by atoms with Gasteiger partial charge < -0.3 is 5.32 Å². The van der Waals surface area contributed by atoms with Crippen molar-refractivity contribution >= 4 is 0 Å². The smallest absolute Gasteiger partial charge is 0.0198 e. The normalized spacial score (nSPS) is 41.6. The average Bonchev–Trinajstić information content (AvgIpc) is 3.17. The van der Waals surface area contributed by atoms with Crippen molar-refractivity contribution in [2.24, 2.45) is 23.7 Å². The highest BCUT2D eigenvalue weighted by Crippen LogP contribution is 2.40. The lowest BCUT2D eigenvalue weighted by atomic mass is 9.78. The second kappa shape index (κ2) is 6.20. The van der Waals surface area contributed by atoms with Gasteiger partial charge in [0, 0.05) is 25.2 Å². The summed E-state index contributed by atoms with van der Waals surface area (Å²) in [6.45, 7) is 6.48. The maximum Gasteiger partial charge on any atom is 0.0198 e. The molecule has 1 heterocycles. The summed E-state index contributed by atoms with van der Waals surface area (Å²) in [7, 11) is 0. The number of hydrogen-bond acceptors (Lipinski definition) is 2. The van der Waals surface area contributed by atoms with Gasteiger partial charge >= 0.3 is 0 Å². The van der Waals surface area contributed by atoms with Crippen LogP contribution in [-0.2, 0) is 0 Å². The zero-order valence-corrected chi connectivity index (χ0v) is 13.9. The lowest BCUT2D eigenvalue weighted by Gasteiger charge is -2.48. The van der Waals surface area contributed by atoms with Gasteiger partial charge in [-0.15, -0.1) is 0 Å². The summed E-state index contributed by atoms with van der Waals surface area (Å²) in [6, 6.07) is 1.72. The molecule has 0 aromatic carbocycles. The molecule has 3 aliphatic carbocycles. The standard InChI is InChI=1S/C19H34N2/c1-14-7-19(8-14)21-12-17(9-15-5-6-15)10-18(13-21)20-11-16-3-2-4-16/h14-20H,2-13H2,1H3. The predicted molar refractivity (Wildman–Crippen MR) is 88.3 cm³/mol. The van der Waals surface area contributed by atoms with E-state index < -0.39 is 0 Å². The van der Waals surface area contributed by atoms with E-state index in [1.807, 2.05) is 0 Å². The molecule has 2 nitrogen and oxygen atoms in total. The number of hydrogen-bond donors (Lipinski definition) is 1. The third kappa shape index (κ3) is 3.64. The first kappa shape index (κ1) is 14.5. The Balaban J connectivity index is 1.30. The van der Waals surface area contributed by atoms with Crippen LogP contribution in [0.15, 0.2) is 0 Å². The zero-order chi connectivity index (χ0) is 14.2. The molecular formula is C19H34N2. The molecule has 3 saturated carbocycles. The summed E-state index contributed by atoms with van der Waals surface area (Å²) in [5.74, 6) is 4.08. The summed E-state index contributed by atoms with van der Waals surface area (Å²) in [5, 5.41) is 3.95. The van der Waals surface area contributed by atoms with Gasteiger partial charge in [0.15, 0.2) is 0 Å². The average molecular weight is 290 g/mol. The SMILES string of the molecule is CC1CC(N2CC(CC3CC3)CC(NCC3CCC3)C2)C1. The number of rotatable bonds is 6. The van der Waals surface area contributed by atoms with Crippen molar-refractivity contribution in [1.29, 1.82) is 0 Å². The molecule has 1 N–H and O–H groups in total. The second-order valence-electron chi connectivity index (χ2n) is 8.87. The summed E-state index contributed by atoms with van der Waals surface area (Å²) < 4.78 is 0. The first-order valence-corrected chi connectivity index (χ1v) is 9.73. The van der Waals surface area contributed by atoms with Crippen LogP contribution in [-0.4, -0.2) is 36.6 Å². The van der Waals surface area contributed by atoms with E-state index in [0.29, 0.717) is 0 Å². The fourth-order valence-corrected chi connectivity index (χ4v) is 4.87. The van der Waals surface area contributed by atoms with Crippen molar-refractivity contribution in [3.63, 3.8) is 0 Å². The Bertz CT molecular complexity index is 341. The Labute approximate surface area is 131 Å². The van der Waals surface area contributed by atoms with E-state index in [-0.39, 0.29) is 0 Å². The van der Waals surface area contributed by atoms with Gasteiger partial charge in [-0.05, 0) is 68.7 Å². The Morgan fingerprint density at radius 2 is 1.71 bits per heavy atom. The Morgan fingerprint density at radius 3 is 2.33 bits per heavy atom. The zero-order valence-electron chi connectivity index (χ0n) is 13.9. The second-order valence-corrected chi connectivity index (χ2v) is 8.87. The number of likely N-dealkylation sites (tertiary alicyclic amines) is 1. The molecule has 2 atom stereocenters. The number of piperidine rings is 1. The van der Waals surface area contributed by atoms with Gasteiger partial charge in [0.05, 0.1) is 0 Å². The highest BCUT2D eigenvalue weighted by Gasteiger charge is 2.38. The van der Waals surface area contributed by atoms with Gasteiger partial charge in [-0.2, -0.15) is 0 Å². The lowest BCUT2D eigenvalue weighted by Crippen LogP contribution is -2.56. The molecule has 0 radical (unpaired) electrons. The van der Waals surface area contributed by atoms with Crippen LogP contribution in [0.5, 0.6) is 0 Å². The van der Waals surface area contributed by atoms with E-state index >= 15 is 0 Å². The van der Waals surface area contributed by atoms with Crippen LogP contribution >= 0.6 is 0 Å². The number of nitrogens with zero attached hydrogens (tertiary/aromatic N) is 1. The van der Waals surface area contributed by atoms with E-state index in [4.69, 9.17) is 0 Å². The van der Waals surface area contributed by atoms with E-state index in [1.165, 1.54) is 77.4 Å². The minimum Gasteiger partial charge on any atom is -0.312 e. The molecule has 21 heavy (non-hydrogen) atoms. The molecule has 4 aliphatic rings. The maximum atomic E-state index is 3.95.